The highest BCUT2D eigenvalue weighted by Gasteiger charge is 2.42. The first kappa shape index (κ1) is 29.0. The van der Waals surface area contributed by atoms with Crippen molar-refractivity contribution < 1.29 is 27.9 Å². The van der Waals surface area contributed by atoms with Gasteiger partial charge in [0.2, 0.25) is 5.91 Å². The Labute approximate surface area is 249 Å². The molecule has 1 atom stereocenters. The molecule has 0 bridgehead atoms. The Hall–Kier alpha value is -5.05. The van der Waals surface area contributed by atoms with Crippen molar-refractivity contribution in [1.82, 2.24) is 39.2 Å². The second-order valence-electron chi connectivity index (χ2n) is 10.6. The Kier molecular flexibility index (Phi) is 7.19. The SMILES string of the molecule is C=CC(=O)N1CCN(C(=O)N2CCC(O)(c3ccc(-n4c(-c5cccnc5N)nc5ccc(C(F)(F)F)nc54)cn3)C2)CC1. The van der Waals surface area contributed by atoms with Gasteiger partial charge in [-0.3, -0.25) is 14.3 Å². The summed E-state index contributed by atoms with van der Waals surface area (Å²) in [6.07, 6.45) is -0.293. The van der Waals surface area contributed by atoms with Crippen molar-refractivity contribution in [3.05, 3.63) is 72.8 Å². The summed E-state index contributed by atoms with van der Waals surface area (Å²) in [7, 11) is 0. The maximum absolute atomic E-state index is 13.6. The van der Waals surface area contributed by atoms with Gasteiger partial charge < -0.3 is 25.5 Å². The number of piperazine rings is 1. The van der Waals surface area contributed by atoms with Crippen LogP contribution in [0.3, 0.4) is 0 Å². The number of imidazole rings is 1. The summed E-state index contributed by atoms with van der Waals surface area (Å²) in [5, 5.41) is 11.5. The molecule has 4 aromatic rings. The number of rotatable bonds is 4. The number of alkyl halides is 3. The number of hydrogen-bond donors (Lipinski definition) is 2. The van der Waals surface area contributed by atoms with E-state index < -0.39 is 17.5 Å². The third-order valence-electron chi connectivity index (χ3n) is 7.91. The van der Waals surface area contributed by atoms with Gasteiger partial charge in [0.1, 0.15) is 22.6 Å². The molecule has 0 aromatic carbocycles. The predicted octanol–water partition coefficient (Wildman–Crippen LogP) is 2.82. The van der Waals surface area contributed by atoms with Crippen LogP contribution in [0.25, 0.3) is 28.2 Å². The molecule has 6 heterocycles. The number of β-amino-alcohol motifs (C(OH)–C–C–N with tert-alkyl or cyclic N) is 1. The van der Waals surface area contributed by atoms with Gasteiger partial charge in [-0.1, -0.05) is 6.58 Å². The zero-order valence-electron chi connectivity index (χ0n) is 23.4. The summed E-state index contributed by atoms with van der Waals surface area (Å²) >= 11 is 0. The van der Waals surface area contributed by atoms with Crippen molar-refractivity contribution in [2.24, 2.45) is 0 Å². The van der Waals surface area contributed by atoms with E-state index in [1.54, 1.807) is 39.0 Å². The molecular formula is C29H28F3N9O3. The number of anilines is 1. The Morgan fingerprint density at radius 2 is 1.73 bits per heavy atom. The van der Waals surface area contributed by atoms with Crippen molar-refractivity contribution >= 4 is 28.9 Å². The molecular weight excluding hydrogens is 579 g/mol. The lowest BCUT2D eigenvalue weighted by Gasteiger charge is -2.36. The van der Waals surface area contributed by atoms with Gasteiger partial charge in [-0.25, -0.2) is 19.7 Å². The first-order valence-corrected chi connectivity index (χ1v) is 13.8. The highest BCUT2D eigenvalue weighted by molar-refractivity contribution is 5.87. The number of pyridine rings is 3. The van der Waals surface area contributed by atoms with E-state index in [0.29, 0.717) is 49.7 Å². The fraction of sp³-hybridized carbons (Fsp3) is 0.310. The number of nitrogens with two attached hydrogens (primary N) is 1. The summed E-state index contributed by atoms with van der Waals surface area (Å²) in [6, 6.07) is 8.31. The molecule has 0 saturated carbocycles. The van der Waals surface area contributed by atoms with E-state index in [-0.39, 0.29) is 47.7 Å². The second-order valence-corrected chi connectivity index (χ2v) is 10.6. The van der Waals surface area contributed by atoms with Gasteiger partial charge in [-0.05, 0) is 42.5 Å². The molecule has 3 N–H and O–H groups in total. The number of urea groups is 1. The van der Waals surface area contributed by atoms with Gasteiger partial charge in [0.15, 0.2) is 11.5 Å². The molecule has 6 rings (SSSR count). The molecule has 2 aliphatic rings. The van der Waals surface area contributed by atoms with Crippen LogP contribution < -0.4 is 5.73 Å². The number of carbonyl (C=O) groups excluding carboxylic acids is 2. The molecule has 4 aromatic heterocycles. The van der Waals surface area contributed by atoms with Gasteiger partial charge in [-0.15, -0.1) is 0 Å². The molecule has 228 valence electrons. The van der Waals surface area contributed by atoms with Crippen LogP contribution in [0, 0.1) is 0 Å². The van der Waals surface area contributed by atoms with Gasteiger partial charge >= 0.3 is 12.2 Å². The second kappa shape index (κ2) is 10.9. The van der Waals surface area contributed by atoms with Gasteiger partial charge in [0, 0.05) is 45.3 Å². The van der Waals surface area contributed by atoms with Crippen molar-refractivity contribution in [1.29, 1.82) is 0 Å². The van der Waals surface area contributed by atoms with Crippen LogP contribution in [-0.4, -0.2) is 95.5 Å². The zero-order valence-corrected chi connectivity index (χ0v) is 23.4. The van der Waals surface area contributed by atoms with E-state index in [2.05, 4.69) is 26.5 Å². The number of aliphatic hydroxyl groups is 1. The number of nitrogen functional groups attached to an aromatic ring is 1. The molecule has 0 aliphatic carbocycles. The van der Waals surface area contributed by atoms with E-state index in [1.807, 2.05) is 0 Å². The topological polar surface area (TPSA) is 147 Å². The number of halogens is 3. The fourth-order valence-electron chi connectivity index (χ4n) is 5.55. The zero-order chi connectivity index (χ0) is 31.2. The quantitative estimate of drug-likeness (QED) is 0.337. The fourth-order valence-corrected chi connectivity index (χ4v) is 5.55. The molecule has 2 fully saturated rings. The van der Waals surface area contributed by atoms with Crippen molar-refractivity contribution in [2.45, 2.75) is 18.2 Å². The number of likely N-dealkylation sites (tertiary alicyclic amines) is 1. The summed E-state index contributed by atoms with van der Waals surface area (Å²) < 4.78 is 42.1. The minimum absolute atomic E-state index is 0.00591. The maximum atomic E-state index is 13.6. The van der Waals surface area contributed by atoms with Gasteiger partial charge in [0.25, 0.3) is 0 Å². The molecule has 0 radical (unpaired) electrons. The van der Waals surface area contributed by atoms with Crippen molar-refractivity contribution in [3.63, 3.8) is 0 Å². The van der Waals surface area contributed by atoms with Gasteiger partial charge in [-0.2, -0.15) is 13.2 Å². The number of nitrogens with zero attached hydrogens (tertiary/aromatic N) is 8. The standard InChI is InChI=1S/C29H28F3N9O3/c1-2-23(42)38-12-14-39(15-13-38)27(43)40-11-9-28(44,17-40)21-7-5-18(16-35-21)41-25(19-4-3-10-34-24(19)33)36-20-6-8-22(29(30,31)32)37-26(20)41/h2-8,10,16,44H,1,9,11-15,17H2,(H2,33,34). The van der Waals surface area contributed by atoms with Crippen LogP contribution in [0.2, 0.25) is 0 Å². The van der Waals surface area contributed by atoms with Crippen LogP contribution in [0.5, 0.6) is 0 Å². The average molecular weight is 608 g/mol. The summed E-state index contributed by atoms with van der Waals surface area (Å²) in [6.45, 7) is 5.32. The highest BCUT2D eigenvalue weighted by Crippen LogP contribution is 2.35. The van der Waals surface area contributed by atoms with E-state index in [4.69, 9.17) is 5.73 Å². The van der Waals surface area contributed by atoms with Crippen molar-refractivity contribution in [2.75, 3.05) is 45.0 Å². The van der Waals surface area contributed by atoms with E-state index in [9.17, 15) is 27.9 Å². The first-order valence-electron chi connectivity index (χ1n) is 13.8. The minimum Gasteiger partial charge on any atom is -0.383 e. The summed E-state index contributed by atoms with van der Waals surface area (Å²) in [4.78, 5) is 46.8. The molecule has 44 heavy (non-hydrogen) atoms. The number of amides is 3. The molecule has 2 aliphatic heterocycles. The van der Waals surface area contributed by atoms with Crippen LogP contribution in [0.1, 0.15) is 17.8 Å². The van der Waals surface area contributed by atoms with Gasteiger partial charge in [0.05, 0.1) is 29.7 Å². The summed E-state index contributed by atoms with van der Waals surface area (Å²) in [5.74, 6) is 0.167. The Bertz CT molecular complexity index is 1750. The lowest BCUT2D eigenvalue weighted by molar-refractivity contribution is -0.141. The van der Waals surface area contributed by atoms with E-state index in [0.717, 1.165) is 6.07 Å². The molecule has 15 heteroatoms. The first-order chi connectivity index (χ1) is 21.0. The third-order valence-corrected chi connectivity index (χ3v) is 7.91. The predicted molar refractivity (Wildman–Crippen MR) is 153 cm³/mol. The highest BCUT2D eigenvalue weighted by atomic mass is 19.4. The molecule has 1 unspecified atom stereocenters. The Balaban J connectivity index is 1.28. The van der Waals surface area contributed by atoms with Crippen LogP contribution in [0.15, 0.2) is 61.4 Å². The number of carbonyl (C=O) groups is 2. The Morgan fingerprint density at radius 3 is 2.39 bits per heavy atom. The maximum Gasteiger partial charge on any atom is 0.433 e. The van der Waals surface area contributed by atoms with Crippen molar-refractivity contribution in [3.8, 4) is 17.1 Å². The van der Waals surface area contributed by atoms with E-state index in [1.165, 1.54) is 29.1 Å². The van der Waals surface area contributed by atoms with Crippen LogP contribution in [-0.2, 0) is 16.6 Å². The number of fused-ring (bicyclic) bond motifs is 1. The lowest BCUT2D eigenvalue weighted by Crippen LogP contribution is -2.53. The van der Waals surface area contributed by atoms with Crippen LogP contribution >= 0.6 is 0 Å². The molecule has 12 nitrogen and oxygen atoms in total. The number of aromatic nitrogens is 5. The molecule has 3 amide bonds. The largest absolute Gasteiger partial charge is 0.433 e. The average Bonchev–Trinajstić information content (AvgIpc) is 3.61. The minimum atomic E-state index is -4.68. The van der Waals surface area contributed by atoms with E-state index >= 15 is 0 Å². The smallest absolute Gasteiger partial charge is 0.383 e. The normalized spacial score (nSPS) is 19.0. The Morgan fingerprint density at radius 1 is 0.977 bits per heavy atom. The lowest BCUT2D eigenvalue weighted by atomic mass is 9.98. The molecule has 0 spiro atoms. The number of hydrogen-bond acceptors (Lipinski definition) is 8. The van der Waals surface area contributed by atoms with Crippen LogP contribution in [0.4, 0.5) is 23.8 Å². The third kappa shape index (κ3) is 5.19. The monoisotopic (exact) mass is 607 g/mol. The summed E-state index contributed by atoms with van der Waals surface area (Å²) in [5.41, 5.74) is 4.74. The molecule has 2 saturated heterocycles.